The third-order valence-electron chi connectivity index (χ3n) is 1.75. The maximum atomic E-state index is 13.0. The highest BCUT2D eigenvalue weighted by atomic mass is 35.5. The van der Waals surface area contributed by atoms with Gasteiger partial charge in [0.1, 0.15) is 11.9 Å². The Morgan fingerprint density at radius 1 is 1.62 bits per heavy atom. The van der Waals surface area contributed by atoms with Crippen molar-refractivity contribution in [2.45, 2.75) is 13.0 Å². The molecule has 0 fully saturated rings. The van der Waals surface area contributed by atoms with Crippen LogP contribution in [0.1, 0.15) is 17.2 Å². The predicted molar refractivity (Wildman–Crippen MR) is 48.7 cm³/mol. The molecular formula is C9H8ClFN2. The fourth-order valence-corrected chi connectivity index (χ4v) is 1.31. The van der Waals surface area contributed by atoms with Crippen LogP contribution in [0.2, 0.25) is 5.02 Å². The Labute approximate surface area is 80.7 Å². The molecule has 2 nitrogen and oxygen atoms in total. The van der Waals surface area contributed by atoms with Gasteiger partial charge in [0.05, 0.1) is 6.07 Å². The minimum Gasteiger partial charge on any atom is -0.312 e. The van der Waals surface area contributed by atoms with Gasteiger partial charge in [0.25, 0.3) is 0 Å². The van der Waals surface area contributed by atoms with Crippen molar-refractivity contribution in [1.82, 2.24) is 0 Å². The zero-order valence-electron chi connectivity index (χ0n) is 7.01. The van der Waals surface area contributed by atoms with Crippen LogP contribution in [0, 0.1) is 24.1 Å². The molecule has 0 aliphatic rings. The van der Waals surface area contributed by atoms with Crippen LogP contribution < -0.4 is 5.73 Å². The summed E-state index contributed by atoms with van der Waals surface area (Å²) < 4.78 is 13.0. The molecule has 0 saturated carbocycles. The number of benzene rings is 1. The minimum atomic E-state index is -0.873. The van der Waals surface area contributed by atoms with Gasteiger partial charge in [0.2, 0.25) is 0 Å². The van der Waals surface area contributed by atoms with Crippen molar-refractivity contribution in [2.24, 2.45) is 5.73 Å². The van der Waals surface area contributed by atoms with E-state index in [0.717, 1.165) is 0 Å². The lowest BCUT2D eigenvalue weighted by atomic mass is 10.1. The fraction of sp³-hybridized carbons (Fsp3) is 0.222. The van der Waals surface area contributed by atoms with Crippen LogP contribution in [0.5, 0.6) is 0 Å². The van der Waals surface area contributed by atoms with Crippen molar-refractivity contribution < 1.29 is 4.39 Å². The largest absolute Gasteiger partial charge is 0.312 e. The second-order valence-corrected chi connectivity index (χ2v) is 3.14. The average Bonchev–Trinajstić information content (AvgIpc) is 2.10. The monoisotopic (exact) mass is 198 g/mol. The molecule has 0 spiro atoms. The molecule has 0 bridgehead atoms. The van der Waals surface area contributed by atoms with Gasteiger partial charge < -0.3 is 5.73 Å². The van der Waals surface area contributed by atoms with Crippen molar-refractivity contribution in [2.75, 3.05) is 0 Å². The number of aryl methyl sites for hydroxylation is 1. The van der Waals surface area contributed by atoms with Gasteiger partial charge in [-0.2, -0.15) is 5.26 Å². The number of nitriles is 1. The molecule has 1 aromatic carbocycles. The second-order valence-electron chi connectivity index (χ2n) is 2.73. The van der Waals surface area contributed by atoms with E-state index in [1.165, 1.54) is 12.1 Å². The summed E-state index contributed by atoms with van der Waals surface area (Å²) in [4.78, 5) is 0. The molecule has 0 heterocycles. The first kappa shape index (κ1) is 9.97. The number of nitrogens with two attached hydrogens (primary N) is 1. The molecule has 0 aliphatic carbocycles. The number of hydrogen-bond acceptors (Lipinski definition) is 2. The highest BCUT2D eigenvalue weighted by Crippen LogP contribution is 2.24. The zero-order chi connectivity index (χ0) is 10.0. The molecule has 0 amide bonds. The van der Waals surface area contributed by atoms with Crippen molar-refractivity contribution in [3.8, 4) is 6.07 Å². The molecule has 1 aromatic rings. The van der Waals surface area contributed by atoms with Crippen molar-refractivity contribution >= 4 is 11.6 Å². The summed E-state index contributed by atoms with van der Waals surface area (Å²) in [5, 5.41) is 8.84. The van der Waals surface area contributed by atoms with E-state index in [2.05, 4.69) is 0 Å². The molecule has 0 saturated heterocycles. The van der Waals surface area contributed by atoms with Gasteiger partial charge in [-0.1, -0.05) is 11.6 Å². The highest BCUT2D eigenvalue weighted by Gasteiger charge is 2.11. The first-order valence-electron chi connectivity index (χ1n) is 3.67. The van der Waals surface area contributed by atoms with Crippen LogP contribution in [0.15, 0.2) is 12.1 Å². The number of halogens is 2. The van der Waals surface area contributed by atoms with Crippen molar-refractivity contribution in [3.05, 3.63) is 34.1 Å². The van der Waals surface area contributed by atoms with Gasteiger partial charge in [-0.25, -0.2) is 4.39 Å². The standard InChI is InChI=1S/C9H8ClFN2/c1-5-2-7(10)6(3-8(5)11)9(13)4-12/h2-3,9H,13H2,1H3. The van der Waals surface area contributed by atoms with Gasteiger partial charge in [0.15, 0.2) is 0 Å². The van der Waals surface area contributed by atoms with E-state index in [4.69, 9.17) is 22.6 Å². The summed E-state index contributed by atoms with van der Waals surface area (Å²) in [6, 6.07) is 3.58. The highest BCUT2D eigenvalue weighted by molar-refractivity contribution is 6.31. The van der Waals surface area contributed by atoms with Crippen LogP contribution in [0.4, 0.5) is 4.39 Å². The topological polar surface area (TPSA) is 49.8 Å². The van der Waals surface area contributed by atoms with Crippen molar-refractivity contribution in [3.63, 3.8) is 0 Å². The van der Waals surface area contributed by atoms with E-state index in [0.29, 0.717) is 16.1 Å². The lowest BCUT2D eigenvalue weighted by molar-refractivity contribution is 0.615. The Morgan fingerprint density at radius 3 is 2.77 bits per heavy atom. The third kappa shape index (κ3) is 1.97. The molecule has 1 rings (SSSR count). The fourth-order valence-electron chi connectivity index (χ4n) is 0.970. The van der Waals surface area contributed by atoms with Gasteiger partial charge >= 0.3 is 0 Å². The summed E-state index contributed by atoms with van der Waals surface area (Å²) >= 11 is 5.78. The first-order valence-corrected chi connectivity index (χ1v) is 4.04. The molecule has 0 radical (unpaired) electrons. The summed E-state index contributed by atoms with van der Waals surface area (Å²) in [7, 11) is 0. The average molecular weight is 199 g/mol. The molecule has 1 atom stereocenters. The normalized spacial score (nSPS) is 12.2. The molecular weight excluding hydrogens is 191 g/mol. The van der Waals surface area contributed by atoms with E-state index in [9.17, 15) is 4.39 Å². The molecule has 0 aromatic heterocycles. The summed E-state index contributed by atoms with van der Waals surface area (Å²) in [6.45, 7) is 1.60. The predicted octanol–water partition coefficient (Wildman–Crippen LogP) is 2.31. The molecule has 13 heavy (non-hydrogen) atoms. The van der Waals surface area contributed by atoms with E-state index >= 15 is 0 Å². The Kier molecular flexibility index (Phi) is 2.86. The summed E-state index contributed by atoms with van der Waals surface area (Å²) in [5.74, 6) is -0.398. The smallest absolute Gasteiger partial charge is 0.126 e. The second kappa shape index (κ2) is 3.73. The Hall–Kier alpha value is -1.11. The maximum absolute atomic E-state index is 13.0. The van der Waals surface area contributed by atoms with Gasteiger partial charge in [0, 0.05) is 10.6 Å². The van der Waals surface area contributed by atoms with E-state index in [1.54, 1.807) is 13.0 Å². The Balaban J connectivity index is 3.25. The van der Waals surface area contributed by atoms with Gasteiger partial charge in [-0.3, -0.25) is 0 Å². The molecule has 2 N–H and O–H groups in total. The quantitative estimate of drug-likeness (QED) is 0.753. The Morgan fingerprint density at radius 2 is 2.23 bits per heavy atom. The SMILES string of the molecule is Cc1cc(Cl)c(C(N)C#N)cc1F. The summed E-state index contributed by atoms with van der Waals surface area (Å²) in [6.07, 6.45) is 0. The number of rotatable bonds is 1. The van der Waals surface area contributed by atoms with Crippen LogP contribution >= 0.6 is 11.6 Å². The van der Waals surface area contributed by atoms with Gasteiger partial charge in [-0.05, 0) is 24.6 Å². The minimum absolute atomic E-state index is 0.326. The van der Waals surface area contributed by atoms with Gasteiger partial charge in [-0.15, -0.1) is 0 Å². The van der Waals surface area contributed by atoms with Crippen LogP contribution in [0.25, 0.3) is 0 Å². The zero-order valence-corrected chi connectivity index (χ0v) is 7.77. The summed E-state index contributed by atoms with van der Waals surface area (Å²) in [5.41, 5.74) is 6.17. The third-order valence-corrected chi connectivity index (χ3v) is 2.08. The molecule has 4 heteroatoms. The number of hydrogen-bond donors (Lipinski definition) is 1. The van der Waals surface area contributed by atoms with E-state index in [1.807, 2.05) is 0 Å². The molecule has 1 unspecified atom stereocenters. The van der Waals surface area contributed by atoms with Crippen LogP contribution in [-0.2, 0) is 0 Å². The van der Waals surface area contributed by atoms with E-state index < -0.39 is 11.9 Å². The first-order chi connectivity index (χ1) is 6.06. The Bertz CT molecular complexity index is 371. The lowest BCUT2D eigenvalue weighted by Gasteiger charge is -2.07. The lowest BCUT2D eigenvalue weighted by Crippen LogP contribution is -2.08. The van der Waals surface area contributed by atoms with Crippen molar-refractivity contribution in [1.29, 1.82) is 5.26 Å². The van der Waals surface area contributed by atoms with E-state index in [-0.39, 0.29) is 0 Å². The van der Waals surface area contributed by atoms with Crippen LogP contribution in [0.3, 0.4) is 0 Å². The maximum Gasteiger partial charge on any atom is 0.126 e. The molecule has 68 valence electrons. The number of nitrogens with zero attached hydrogens (tertiary/aromatic N) is 1. The van der Waals surface area contributed by atoms with Crippen LogP contribution in [-0.4, -0.2) is 0 Å². The molecule has 0 aliphatic heterocycles.